The molecule has 1 N–H and O–H groups in total. The van der Waals surface area contributed by atoms with E-state index in [2.05, 4.69) is 39.4 Å². The fourth-order valence-electron chi connectivity index (χ4n) is 5.72. The largest absolute Gasteiger partial charge is 0.503 e. The van der Waals surface area contributed by atoms with Crippen molar-refractivity contribution < 1.29 is 24.2 Å². The Balaban J connectivity index is 1.26. The molecule has 4 aromatic carbocycles. The predicted octanol–water partition coefficient (Wildman–Crippen LogP) is 8.22. The molecule has 1 aliphatic rings. The fourth-order valence-corrected chi connectivity index (χ4v) is 8.62. The number of amides is 1. The smallest absolute Gasteiger partial charge is 0.296 e. The third kappa shape index (κ3) is 5.72. The summed E-state index contributed by atoms with van der Waals surface area (Å²) in [6.45, 7) is 1.75. The maximum atomic E-state index is 14.4. The van der Waals surface area contributed by atoms with Gasteiger partial charge in [-0.25, -0.2) is 4.98 Å². The van der Waals surface area contributed by atoms with Crippen LogP contribution in [0.2, 0.25) is 0 Å². The van der Waals surface area contributed by atoms with Crippen molar-refractivity contribution in [2.24, 2.45) is 0 Å². The zero-order chi connectivity index (χ0) is 33.4. The SMILES string of the molecule is COc1ccc([C@H]2C(C(=O)c3sc(-c4ccccc4)nc3C)=C(O)C(=O)N2c2nnc(SCc3cccc4ccccc34)s2)cc1OC. The van der Waals surface area contributed by atoms with Crippen LogP contribution in [0, 0.1) is 6.92 Å². The molecule has 0 unspecified atom stereocenters. The number of Topliss-reactive ketones (excluding diaryl/α,β-unsaturated/α-hetero) is 1. The van der Waals surface area contributed by atoms with Crippen LogP contribution in [0.1, 0.15) is 32.5 Å². The summed E-state index contributed by atoms with van der Waals surface area (Å²) in [5, 5.41) is 23.4. The number of carbonyl (C=O) groups is 2. The van der Waals surface area contributed by atoms with Crippen molar-refractivity contribution in [3.8, 4) is 22.1 Å². The second-order valence-corrected chi connectivity index (χ2v) is 14.0. The molecule has 0 fully saturated rings. The van der Waals surface area contributed by atoms with Crippen LogP contribution >= 0.6 is 34.4 Å². The van der Waals surface area contributed by atoms with Crippen LogP contribution in [0.3, 0.4) is 0 Å². The molecule has 6 aromatic rings. The summed E-state index contributed by atoms with van der Waals surface area (Å²) in [6.07, 6.45) is 0. The normalized spacial score (nSPS) is 14.6. The first kappa shape index (κ1) is 31.6. The second-order valence-electron chi connectivity index (χ2n) is 10.9. The van der Waals surface area contributed by atoms with Gasteiger partial charge < -0.3 is 14.6 Å². The van der Waals surface area contributed by atoms with E-state index in [1.807, 2.05) is 48.5 Å². The zero-order valence-corrected chi connectivity index (χ0v) is 28.5. The number of ketones is 1. The number of nitrogens with zero attached hydrogens (tertiary/aromatic N) is 4. The third-order valence-corrected chi connectivity index (χ3v) is 11.3. The van der Waals surface area contributed by atoms with E-state index in [0.717, 1.165) is 21.9 Å². The van der Waals surface area contributed by atoms with E-state index in [0.29, 0.717) is 42.7 Å². The molecule has 0 aliphatic carbocycles. The van der Waals surface area contributed by atoms with Crippen molar-refractivity contribution >= 4 is 62.0 Å². The first-order chi connectivity index (χ1) is 23.4. The van der Waals surface area contributed by atoms with E-state index in [1.54, 1.807) is 25.1 Å². The van der Waals surface area contributed by atoms with Gasteiger partial charge in [-0.2, -0.15) is 0 Å². The Labute approximate surface area is 288 Å². The first-order valence-electron chi connectivity index (χ1n) is 14.9. The van der Waals surface area contributed by atoms with E-state index in [4.69, 9.17) is 9.47 Å². The van der Waals surface area contributed by atoms with Gasteiger partial charge in [0, 0.05) is 11.3 Å². The van der Waals surface area contributed by atoms with E-state index in [-0.39, 0.29) is 10.7 Å². The van der Waals surface area contributed by atoms with Crippen LogP contribution in [-0.4, -0.2) is 46.2 Å². The molecule has 0 saturated heterocycles. The Bertz CT molecular complexity index is 2210. The Morgan fingerprint density at radius 3 is 2.46 bits per heavy atom. The minimum absolute atomic E-state index is 0.0706. The van der Waals surface area contributed by atoms with Crippen molar-refractivity contribution in [2.75, 3.05) is 19.1 Å². The first-order valence-corrected chi connectivity index (χ1v) is 17.5. The molecular formula is C36H28N4O5S3. The molecule has 7 rings (SSSR count). The lowest BCUT2D eigenvalue weighted by Gasteiger charge is -2.24. The van der Waals surface area contributed by atoms with Gasteiger partial charge in [-0.1, -0.05) is 102 Å². The van der Waals surface area contributed by atoms with Crippen molar-refractivity contribution in [1.29, 1.82) is 0 Å². The standard InChI is InChI=1S/C36H28N4O5S3/c1-20-32(47-33(37-20)22-11-5-4-6-12-22)30(41)28-29(23-16-17-26(44-2)27(18-23)45-3)40(34(43)31(28)42)35-38-39-36(48-35)46-19-24-14-9-13-21-10-7-8-15-25(21)24/h4-18,29,42H,19H2,1-3H3/t29-/m0/s1. The number of aliphatic hydroxyl groups is 1. The number of fused-ring (bicyclic) bond motifs is 1. The van der Waals surface area contributed by atoms with Gasteiger partial charge in [0.1, 0.15) is 5.01 Å². The highest BCUT2D eigenvalue weighted by atomic mass is 32.2. The Morgan fingerprint density at radius 2 is 1.67 bits per heavy atom. The summed E-state index contributed by atoms with van der Waals surface area (Å²) in [5.41, 5.74) is 2.98. The topological polar surface area (TPSA) is 115 Å². The Hall–Kier alpha value is -5.04. The van der Waals surface area contributed by atoms with Gasteiger partial charge in [0.15, 0.2) is 21.6 Å². The van der Waals surface area contributed by atoms with E-state index in [1.165, 1.54) is 53.6 Å². The average molecular weight is 693 g/mol. The molecule has 0 radical (unpaired) electrons. The summed E-state index contributed by atoms with van der Waals surface area (Å²) in [7, 11) is 3.04. The van der Waals surface area contributed by atoms with E-state index >= 15 is 0 Å². The maximum absolute atomic E-state index is 14.4. The number of anilines is 1. The molecule has 0 saturated carbocycles. The van der Waals surface area contributed by atoms with Crippen LogP contribution in [0.4, 0.5) is 5.13 Å². The number of benzene rings is 4. The van der Waals surface area contributed by atoms with Crippen LogP contribution in [0.25, 0.3) is 21.3 Å². The highest BCUT2D eigenvalue weighted by Crippen LogP contribution is 2.46. The van der Waals surface area contributed by atoms with Gasteiger partial charge in [0.25, 0.3) is 5.91 Å². The summed E-state index contributed by atoms with van der Waals surface area (Å²) in [5.74, 6) is -0.351. The number of hydrogen-bond donors (Lipinski definition) is 1. The predicted molar refractivity (Wildman–Crippen MR) is 189 cm³/mol. The van der Waals surface area contributed by atoms with Crippen LogP contribution in [0.5, 0.6) is 11.5 Å². The van der Waals surface area contributed by atoms with Gasteiger partial charge in [-0.3, -0.25) is 14.5 Å². The van der Waals surface area contributed by atoms with Gasteiger partial charge in [-0.15, -0.1) is 21.5 Å². The molecule has 240 valence electrons. The molecule has 9 nitrogen and oxygen atoms in total. The van der Waals surface area contributed by atoms with Crippen LogP contribution in [0.15, 0.2) is 107 Å². The fraction of sp³-hybridized carbons (Fsp3) is 0.139. The molecule has 0 bridgehead atoms. The Morgan fingerprint density at radius 1 is 0.917 bits per heavy atom. The zero-order valence-electron chi connectivity index (χ0n) is 26.0. The lowest BCUT2D eigenvalue weighted by molar-refractivity contribution is -0.117. The van der Waals surface area contributed by atoms with Crippen LogP contribution in [-0.2, 0) is 10.5 Å². The number of methoxy groups -OCH3 is 2. The quantitative estimate of drug-likeness (QED) is 0.0862. The maximum Gasteiger partial charge on any atom is 0.296 e. The molecule has 1 amide bonds. The molecule has 3 heterocycles. The van der Waals surface area contributed by atoms with Gasteiger partial charge in [0.05, 0.1) is 36.4 Å². The number of aromatic nitrogens is 3. The number of aliphatic hydroxyl groups excluding tert-OH is 1. The molecule has 1 aliphatic heterocycles. The van der Waals surface area contributed by atoms with E-state index in [9.17, 15) is 14.7 Å². The van der Waals surface area contributed by atoms with Gasteiger partial charge in [-0.05, 0) is 41.0 Å². The number of thioether (sulfide) groups is 1. The monoisotopic (exact) mass is 692 g/mol. The van der Waals surface area contributed by atoms with Crippen molar-refractivity contribution in [2.45, 2.75) is 23.1 Å². The lowest BCUT2D eigenvalue weighted by Crippen LogP contribution is -2.31. The molecule has 1 atom stereocenters. The number of ether oxygens (including phenoxy) is 2. The number of thiazole rings is 1. The summed E-state index contributed by atoms with van der Waals surface area (Å²) in [4.78, 5) is 34.6. The highest BCUT2D eigenvalue weighted by molar-refractivity contribution is 8.00. The molecule has 48 heavy (non-hydrogen) atoms. The second kappa shape index (κ2) is 13.2. The van der Waals surface area contributed by atoms with Crippen LogP contribution < -0.4 is 14.4 Å². The molecule has 2 aromatic heterocycles. The van der Waals surface area contributed by atoms with E-state index < -0.39 is 23.5 Å². The highest BCUT2D eigenvalue weighted by Gasteiger charge is 2.47. The van der Waals surface area contributed by atoms with Crippen molar-refractivity contribution in [1.82, 2.24) is 15.2 Å². The van der Waals surface area contributed by atoms with Gasteiger partial charge >= 0.3 is 0 Å². The van der Waals surface area contributed by atoms with Crippen molar-refractivity contribution in [3.05, 3.63) is 124 Å². The minimum atomic E-state index is -1.02. The summed E-state index contributed by atoms with van der Waals surface area (Å²) < 4.78 is 11.6. The van der Waals surface area contributed by atoms with Gasteiger partial charge in [0.2, 0.25) is 10.9 Å². The summed E-state index contributed by atoms with van der Waals surface area (Å²) in [6, 6.07) is 28.1. The number of hydrogen-bond acceptors (Lipinski definition) is 11. The molecule has 12 heteroatoms. The number of carbonyl (C=O) groups excluding carboxylic acids is 2. The number of aryl methyl sites for hydroxylation is 1. The molecular weight excluding hydrogens is 665 g/mol. The molecule has 0 spiro atoms. The Kier molecular flexibility index (Phi) is 8.69. The summed E-state index contributed by atoms with van der Waals surface area (Å²) >= 11 is 3.95. The average Bonchev–Trinajstić information content (AvgIpc) is 3.82. The third-order valence-electron chi connectivity index (χ3n) is 8.03. The number of rotatable bonds is 10. The van der Waals surface area contributed by atoms with Crippen molar-refractivity contribution in [3.63, 3.8) is 0 Å². The minimum Gasteiger partial charge on any atom is -0.503 e. The lowest BCUT2D eigenvalue weighted by atomic mass is 9.95.